The van der Waals surface area contributed by atoms with Crippen LogP contribution in [0.1, 0.15) is 87.6 Å². The summed E-state index contributed by atoms with van der Waals surface area (Å²) in [4.78, 5) is 12.3. The molecule has 0 unspecified atom stereocenters. The predicted molar refractivity (Wildman–Crippen MR) is 103 cm³/mol. The summed E-state index contributed by atoms with van der Waals surface area (Å²) in [6.45, 7) is 4.46. The molecular formula is C23H34O2. The maximum absolute atomic E-state index is 12.3. The Morgan fingerprint density at radius 3 is 1.96 bits per heavy atom. The van der Waals surface area contributed by atoms with E-state index in [-0.39, 0.29) is 12.1 Å². The molecule has 2 nitrogen and oxygen atoms in total. The second-order valence-corrected chi connectivity index (χ2v) is 8.18. The van der Waals surface area contributed by atoms with Gasteiger partial charge in [-0.3, -0.25) is 0 Å². The Labute approximate surface area is 153 Å². The fourth-order valence-electron chi connectivity index (χ4n) is 4.84. The standard InChI is InChI=1S/C23H34O2/c1-3-17-5-9-19(10-6-17)20-13-15-22(16-14-20)25-23(24)21-11-7-18(4-2)8-12-21/h7-8,11-12,17,19-20,22H,3-6,9-10,13-16H2,1-2H3. The lowest BCUT2D eigenvalue weighted by Gasteiger charge is -2.37. The lowest BCUT2D eigenvalue weighted by molar-refractivity contribution is 0.0110. The van der Waals surface area contributed by atoms with Crippen LogP contribution < -0.4 is 0 Å². The van der Waals surface area contributed by atoms with Crippen molar-refractivity contribution >= 4 is 5.97 Å². The molecule has 0 saturated heterocycles. The highest BCUT2D eigenvalue weighted by Crippen LogP contribution is 2.41. The van der Waals surface area contributed by atoms with E-state index in [0.29, 0.717) is 5.56 Å². The van der Waals surface area contributed by atoms with Crippen LogP contribution in [0.15, 0.2) is 24.3 Å². The van der Waals surface area contributed by atoms with Gasteiger partial charge in [-0.1, -0.05) is 45.2 Å². The van der Waals surface area contributed by atoms with Gasteiger partial charge in [0.05, 0.1) is 5.56 Å². The zero-order valence-corrected chi connectivity index (χ0v) is 16.0. The zero-order valence-electron chi connectivity index (χ0n) is 16.0. The van der Waals surface area contributed by atoms with Crippen molar-refractivity contribution in [3.05, 3.63) is 35.4 Å². The highest BCUT2D eigenvalue weighted by atomic mass is 16.5. The van der Waals surface area contributed by atoms with E-state index in [1.807, 2.05) is 24.3 Å². The molecule has 0 radical (unpaired) electrons. The van der Waals surface area contributed by atoms with Crippen molar-refractivity contribution in [1.29, 1.82) is 0 Å². The van der Waals surface area contributed by atoms with Gasteiger partial charge in [0, 0.05) is 0 Å². The van der Waals surface area contributed by atoms with Gasteiger partial charge < -0.3 is 4.74 Å². The van der Waals surface area contributed by atoms with Crippen LogP contribution in [0.2, 0.25) is 0 Å². The zero-order chi connectivity index (χ0) is 17.6. The van der Waals surface area contributed by atoms with Crippen LogP contribution in [0.3, 0.4) is 0 Å². The second kappa shape index (κ2) is 8.87. The molecule has 2 saturated carbocycles. The fraction of sp³-hybridized carbons (Fsp3) is 0.696. The molecule has 1 aromatic rings. The number of ether oxygens (including phenoxy) is 1. The summed E-state index contributed by atoms with van der Waals surface area (Å²) >= 11 is 0. The van der Waals surface area contributed by atoms with E-state index in [9.17, 15) is 4.79 Å². The third-order valence-electron chi connectivity index (χ3n) is 6.73. The molecule has 25 heavy (non-hydrogen) atoms. The van der Waals surface area contributed by atoms with Gasteiger partial charge in [0.25, 0.3) is 0 Å². The van der Waals surface area contributed by atoms with E-state index in [1.165, 1.54) is 50.5 Å². The maximum atomic E-state index is 12.3. The first-order valence-corrected chi connectivity index (χ1v) is 10.5. The molecule has 0 atom stereocenters. The molecule has 0 aliphatic heterocycles. The van der Waals surface area contributed by atoms with E-state index in [2.05, 4.69) is 13.8 Å². The molecule has 0 bridgehead atoms. The lowest BCUT2D eigenvalue weighted by Crippen LogP contribution is -2.29. The third kappa shape index (κ3) is 4.86. The smallest absolute Gasteiger partial charge is 0.338 e. The van der Waals surface area contributed by atoms with Crippen molar-refractivity contribution in [3.8, 4) is 0 Å². The van der Waals surface area contributed by atoms with Crippen molar-refractivity contribution in [2.75, 3.05) is 0 Å². The number of rotatable bonds is 5. The second-order valence-electron chi connectivity index (χ2n) is 8.18. The summed E-state index contributed by atoms with van der Waals surface area (Å²) in [5.74, 6) is 2.64. The van der Waals surface area contributed by atoms with Crippen molar-refractivity contribution in [3.63, 3.8) is 0 Å². The van der Waals surface area contributed by atoms with Gasteiger partial charge in [-0.25, -0.2) is 4.79 Å². The summed E-state index contributed by atoms with van der Waals surface area (Å²) in [5.41, 5.74) is 1.95. The minimum atomic E-state index is -0.144. The van der Waals surface area contributed by atoms with Gasteiger partial charge in [-0.05, 0) is 80.4 Å². The van der Waals surface area contributed by atoms with Gasteiger partial charge in [0.2, 0.25) is 0 Å². The molecule has 0 aromatic heterocycles. The van der Waals surface area contributed by atoms with Crippen LogP contribution in [0.25, 0.3) is 0 Å². The molecule has 1 aromatic carbocycles. The number of aryl methyl sites for hydroxylation is 1. The Balaban J connectivity index is 1.43. The van der Waals surface area contributed by atoms with E-state index in [1.54, 1.807) is 0 Å². The van der Waals surface area contributed by atoms with Gasteiger partial charge >= 0.3 is 5.97 Å². The Kier molecular flexibility index (Phi) is 6.56. The maximum Gasteiger partial charge on any atom is 0.338 e. The molecule has 0 spiro atoms. The van der Waals surface area contributed by atoms with Crippen molar-refractivity contribution < 1.29 is 9.53 Å². The highest BCUT2D eigenvalue weighted by Gasteiger charge is 2.31. The SMILES string of the molecule is CCc1ccc(C(=O)OC2CCC(C3CCC(CC)CC3)CC2)cc1. The van der Waals surface area contributed by atoms with Crippen LogP contribution in [-0.2, 0) is 11.2 Å². The Morgan fingerprint density at radius 2 is 1.44 bits per heavy atom. The number of esters is 1. The Morgan fingerprint density at radius 1 is 0.880 bits per heavy atom. The third-order valence-corrected chi connectivity index (χ3v) is 6.73. The summed E-state index contributed by atoms with van der Waals surface area (Å²) in [5, 5.41) is 0. The average molecular weight is 343 g/mol. The van der Waals surface area contributed by atoms with Gasteiger partial charge in [0.15, 0.2) is 0 Å². The van der Waals surface area contributed by atoms with Crippen LogP contribution in [0.5, 0.6) is 0 Å². The molecule has 0 N–H and O–H groups in total. The van der Waals surface area contributed by atoms with E-state index < -0.39 is 0 Å². The molecule has 2 fully saturated rings. The monoisotopic (exact) mass is 342 g/mol. The van der Waals surface area contributed by atoms with E-state index in [4.69, 9.17) is 4.74 Å². The molecule has 2 aliphatic rings. The fourth-order valence-corrected chi connectivity index (χ4v) is 4.84. The van der Waals surface area contributed by atoms with Crippen LogP contribution in [-0.4, -0.2) is 12.1 Å². The number of carbonyl (C=O) groups is 1. The normalized spacial score (nSPS) is 30.0. The predicted octanol–water partition coefficient (Wildman–Crippen LogP) is 6.18. The number of hydrogen-bond acceptors (Lipinski definition) is 2. The molecule has 0 amide bonds. The van der Waals surface area contributed by atoms with Gasteiger partial charge in [-0.2, -0.15) is 0 Å². The average Bonchev–Trinajstić information content (AvgIpc) is 2.68. The molecule has 2 heteroatoms. The van der Waals surface area contributed by atoms with Crippen LogP contribution in [0, 0.1) is 17.8 Å². The summed E-state index contributed by atoms with van der Waals surface area (Å²) in [6.07, 6.45) is 12.8. The minimum Gasteiger partial charge on any atom is -0.459 e. The largest absolute Gasteiger partial charge is 0.459 e. The quantitative estimate of drug-likeness (QED) is 0.597. The van der Waals surface area contributed by atoms with E-state index in [0.717, 1.165) is 37.0 Å². The Bertz CT molecular complexity index is 532. The van der Waals surface area contributed by atoms with Crippen LogP contribution >= 0.6 is 0 Å². The van der Waals surface area contributed by atoms with Crippen molar-refractivity contribution in [2.24, 2.45) is 17.8 Å². The van der Waals surface area contributed by atoms with Crippen molar-refractivity contribution in [1.82, 2.24) is 0 Å². The summed E-state index contributed by atoms with van der Waals surface area (Å²) in [7, 11) is 0. The lowest BCUT2D eigenvalue weighted by atomic mass is 9.70. The molecule has 138 valence electrons. The molecule has 2 aliphatic carbocycles. The molecule has 0 heterocycles. The number of hydrogen-bond donors (Lipinski definition) is 0. The minimum absolute atomic E-state index is 0.126. The van der Waals surface area contributed by atoms with E-state index >= 15 is 0 Å². The number of carbonyl (C=O) groups excluding carboxylic acids is 1. The van der Waals surface area contributed by atoms with Gasteiger partial charge in [-0.15, -0.1) is 0 Å². The number of benzene rings is 1. The summed E-state index contributed by atoms with van der Waals surface area (Å²) in [6, 6.07) is 7.86. The van der Waals surface area contributed by atoms with Crippen molar-refractivity contribution in [2.45, 2.75) is 84.2 Å². The highest BCUT2D eigenvalue weighted by molar-refractivity contribution is 5.89. The van der Waals surface area contributed by atoms with Gasteiger partial charge in [0.1, 0.15) is 6.10 Å². The molecule has 3 rings (SSSR count). The first kappa shape index (κ1) is 18.5. The molecular weight excluding hydrogens is 308 g/mol. The Hall–Kier alpha value is -1.31. The topological polar surface area (TPSA) is 26.3 Å². The summed E-state index contributed by atoms with van der Waals surface area (Å²) < 4.78 is 5.78. The first-order valence-electron chi connectivity index (χ1n) is 10.5. The first-order chi connectivity index (χ1) is 12.2. The van der Waals surface area contributed by atoms with Crippen LogP contribution in [0.4, 0.5) is 0 Å².